The zero-order valence-electron chi connectivity index (χ0n) is 37.6. The number of rotatable bonds is 6. The van der Waals surface area contributed by atoms with Crippen LogP contribution in [0, 0.1) is 11.8 Å². The Hall–Kier alpha value is -5.60. The highest BCUT2D eigenvalue weighted by molar-refractivity contribution is 6.24. The molecule has 2 nitrogen and oxygen atoms in total. The van der Waals surface area contributed by atoms with Crippen molar-refractivity contribution in [1.82, 2.24) is 0 Å². The number of anilines is 4. The second kappa shape index (κ2) is 13.5. The van der Waals surface area contributed by atoms with Crippen LogP contribution < -0.4 is 9.80 Å². The van der Waals surface area contributed by atoms with E-state index in [0.29, 0.717) is 0 Å². The Kier molecular flexibility index (Phi) is 8.27. The average Bonchev–Trinajstić information content (AvgIpc) is 3.64. The van der Waals surface area contributed by atoms with Crippen molar-refractivity contribution in [3.8, 4) is 22.3 Å². The summed E-state index contributed by atoms with van der Waals surface area (Å²) in [6, 6.07) is 56.5. The van der Waals surface area contributed by atoms with Gasteiger partial charge in [0.15, 0.2) is 0 Å². The standard InChI is InChI=1S/C60H60N2/c1-7-39-27-29-59(5)57(3,37-39)51-35-41(23-25-53(51)61(59)49-15-11-9-12-16-49)47-31-43-19-21-45-33-48(34-46-22-20-44(32-47)55(43)56(45)46)42-24-26-54-52(36-42)58(4)38-40(8-2)28-30-60(58,6)62(54)50-17-13-10-14-18-50/h9-26,31-36,39-40H,7-8,27-30,37-38H2,1-6H3. The highest BCUT2D eigenvalue weighted by Gasteiger charge is 2.60. The quantitative estimate of drug-likeness (QED) is 0.154. The second-order valence-electron chi connectivity index (χ2n) is 20.8. The first-order valence-corrected chi connectivity index (χ1v) is 23.8. The number of fused-ring (bicyclic) bond motifs is 6. The van der Waals surface area contributed by atoms with Crippen LogP contribution in [-0.4, -0.2) is 11.1 Å². The molecule has 0 radical (unpaired) electrons. The van der Waals surface area contributed by atoms with E-state index in [1.165, 1.54) is 140 Å². The molecule has 4 aliphatic rings. The van der Waals surface area contributed by atoms with Gasteiger partial charge in [-0.3, -0.25) is 0 Å². The maximum absolute atomic E-state index is 2.70. The Morgan fingerprint density at radius 1 is 0.435 bits per heavy atom. The minimum Gasteiger partial charge on any atom is -0.334 e. The van der Waals surface area contributed by atoms with Crippen molar-refractivity contribution in [1.29, 1.82) is 0 Å². The Labute approximate surface area is 368 Å². The van der Waals surface area contributed by atoms with Crippen molar-refractivity contribution in [2.24, 2.45) is 11.8 Å². The number of hydrogen-bond acceptors (Lipinski definition) is 2. The van der Waals surface area contributed by atoms with E-state index in [0.717, 1.165) is 11.8 Å². The molecule has 2 aliphatic carbocycles. The van der Waals surface area contributed by atoms with Crippen LogP contribution in [0.5, 0.6) is 0 Å². The van der Waals surface area contributed by atoms with Crippen LogP contribution in [0.4, 0.5) is 22.7 Å². The first-order chi connectivity index (χ1) is 30.1. The van der Waals surface area contributed by atoms with Crippen molar-refractivity contribution >= 4 is 55.1 Å². The van der Waals surface area contributed by atoms with Crippen LogP contribution in [0.2, 0.25) is 0 Å². The zero-order chi connectivity index (χ0) is 42.2. The number of benzene rings is 8. The van der Waals surface area contributed by atoms with Gasteiger partial charge in [0.1, 0.15) is 0 Å². The summed E-state index contributed by atoms with van der Waals surface area (Å²) in [5.41, 5.74) is 13.9. The Morgan fingerprint density at radius 2 is 0.806 bits per heavy atom. The van der Waals surface area contributed by atoms with Crippen molar-refractivity contribution in [2.45, 2.75) is 115 Å². The number of hydrogen-bond donors (Lipinski definition) is 0. The number of para-hydroxylation sites is 2. The van der Waals surface area contributed by atoms with Gasteiger partial charge in [-0.15, -0.1) is 0 Å². The predicted octanol–water partition coefficient (Wildman–Crippen LogP) is 16.7. The van der Waals surface area contributed by atoms with E-state index >= 15 is 0 Å². The summed E-state index contributed by atoms with van der Waals surface area (Å²) in [5.74, 6) is 1.52. The Balaban J connectivity index is 0.947. The summed E-state index contributed by atoms with van der Waals surface area (Å²) in [7, 11) is 0. The van der Waals surface area contributed by atoms with E-state index < -0.39 is 0 Å². The molecule has 310 valence electrons. The predicted molar refractivity (Wildman–Crippen MR) is 265 cm³/mol. The molecule has 8 aromatic rings. The van der Waals surface area contributed by atoms with E-state index in [9.17, 15) is 0 Å². The molecule has 0 aromatic heterocycles. The van der Waals surface area contributed by atoms with Gasteiger partial charge in [-0.2, -0.15) is 0 Å². The van der Waals surface area contributed by atoms with Crippen LogP contribution in [0.15, 0.2) is 146 Å². The molecule has 12 rings (SSSR count). The topological polar surface area (TPSA) is 6.48 Å². The van der Waals surface area contributed by atoms with Gasteiger partial charge in [-0.05, 0) is 203 Å². The monoisotopic (exact) mass is 808 g/mol. The van der Waals surface area contributed by atoms with E-state index in [-0.39, 0.29) is 21.9 Å². The van der Waals surface area contributed by atoms with Crippen LogP contribution in [-0.2, 0) is 10.8 Å². The molecular formula is C60H60N2. The van der Waals surface area contributed by atoms with Gasteiger partial charge in [-0.1, -0.05) is 113 Å². The molecule has 0 spiro atoms. The van der Waals surface area contributed by atoms with E-state index in [1.54, 1.807) is 0 Å². The smallest absolute Gasteiger partial charge is 0.0518 e. The summed E-state index contributed by atoms with van der Waals surface area (Å²) in [5, 5.41) is 8.05. The molecule has 6 atom stereocenters. The van der Waals surface area contributed by atoms with Gasteiger partial charge < -0.3 is 9.80 Å². The molecule has 8 aromatic carbocycles. The fourth-order valence-corrected chi connectivity index (χ4v) is 13.9. The van der Waals surface area contributed by atoms with Gasteiger partial charge in [0.2, 0.25) is 0 Å². The highest BCUT2D eigenvalue weighted by Crippen LogP contribution is 2.64. The molecule has 0 bridgehead atoms. The largest absolute Gasteiger partial charge is 0.334 e. The highest BCUT2D eigenvalue weighted by atomic mass is 15.3. The SMILES string of the molecule is CCC1CCC2(C)N(c3ccccc3)c3ccc(-c4cc5ccc6cc(-c7ccc8c(c7)C7(C)CC(CC)CCC7(C)N8c7ccccc7)cc7ccc(c4)c5c67)cc3C2(C)C1. The van der Waals surface area contributed by atoms with Crippen LogP contribution in [0.25, 0.3) is 54.6 Å². The van der Waals surface area contributed by atoms with Crippen molar-refractivity contribution in [2.75, 3.05) is 9.80 Å². The van der Waals surface area contributed by atoms with E-state index in [4.69, 9.17) is 0 Å². The summed E-state index contributed by atoms with van der Waals surface area (Å²) < 4.78 is 0. The van der Waals surface area contributed by atoms with Crippen LogP contribution in [0.1, 0.15) is 104 Å². The maximum Gasteiger partial charge on any atom is 0.0518 e. The lowest BCUT2D eigenvalue weighted by atomic mass is 9.58. The van der Waals surface area contributed by atoms with Gasteiger partial charge in [0, 0.05) is 33.6 Å². The molecule has 0 saturated heterocycles. The summed E-state index contributed by atoms with van der Waals surface area (Å²) in [4.78, 5) is 5.40. The second-order valence-corrected chi connectivity index (χ2v) is 20.8. The molecule has 62 heavy (non-hydrogen) atoms. The van der Waals surface area contributed by atoms with Gasteiger partial charge in [0.25, 0.3) is 0 Å². The third-order valence-corrected chi connectivity index (χ3v) is 17.9. The van der Waals surface area contributed by atoms with E-state index in [1.807, 2.05) is 0 Å². The summed E-state index contributed by atoms with van der Waals surface area (Å²) in [6.45, 7) is 15.0. The number of nitrogens with zero attached hydrogens (tertiary/aromatic N) is 2. The summed E-state index contributed by atoms with van der Waals surface area (Å²) in [6.07, 6.45) is 9.98. The lowest BCUT2D eigenvalue weighted by Gasteiger charge is -2.52. The average molecular weight is 809 g/mol. The van der Waals surface area contributed by atoms with Gasteiger partial charge >= 0.3 is 0 Å². The normalized spacial score (nSPS) is 27.8. The molecule has 2 heterocycles. The molecule has 2 fully saturated rings. The molecule has 2 saturated carbocycles. The molecule has 0 N–H and O–H groups in total. The van der Waals surface area contributed by atoms with Crippen LogP contribution >= 0.6 is 0 Å². The minimum atomic E-state index is 0.0299. The first-order valence-electron chi connectivity index (χ1n) is 23.8. The Bertz CT molecular complexity index is 2770. The van der Waals surface area contributed by atoms with Crippen molar-refractivity contribution < 1.29 is 0 Å². The minimum absolute atomic E-state index is 0.0299. The van der Waals surface area contributed by atoms with Gasteiger partial charge in [0.05, 0.1) is 11.1 Å². The third-order valence-electron chi connectivity index (χ3n) is 17.9. The van der Waals surface area contributed by atoms with Gasteiger partial charge in [-0.25, -0.2) is 0 Å². The van der Waals surface area contributed by atoms with E-state index in [2.05, 4.69) is 197 Å². The fourth-order valence-electron chi connectivity index (χ4n) is 13.9. The maximum atomic E-state index is 2.70. The molecule has 6 unspecified atom stereocenters. The first kappa shape index (κ1) is 38.1. The lowest BCUT2D eigenvalue weighted by molar-refractivity contribution is 0.143. The van der Waals surface area contributed by atoms with Crippen LogP contribution in [0.3, 0.4) is 0 Å². The molecule has 0 amide bonds. The fraction of sp³-hybridized carbons (Fsp3) is 0.333. The van der Waals surface area contributed by atoms with Crippen molar-refractivity contribution in [3.05, 3.63) is 157 Å². The lowest BCUT2D eigenvalue weighted by Crippen LogP contribution is -2.56. The molecule has 2 heteroatoms. The summed E-state index contributed by atoms with van der Waals surface area (Å²) >= 11 is 0. The van der Waals surface area contributed by atoms with Crippen molar-refractivity contribution in [3.63, 3.8) is 0 Å². The molecular weight excluding hydrogens is 749 g/mol. The zero-order valence-corrected chi connectivity index (χ0v) is 37.6. The third kappa shape index (κ3) is 5.10. The molecule has 2 aliphatic heterocycles. The Morgan fingerprint density at radius 3 is 1.16 bits per heavy atom.